The van der Waals surface area contributed by atoms with Gasteiger partial charge >= 0.3 is 6.09 Å². The molecule has 1 saturated heterocycles. The van der Waals surface area contributed by atoms with Crippen LogP contribution in [0.4, 0.5) is 4.79 Å². The van der Waals surface area contributed by atoms with Crippen LogP contribution >= 0.6 is 0 Å². The fraction of sp³-hybridized carbons (Fsp3) is 0.933. The minimum Gasteiger partial charge on any atom is -0.444 e. The summed E-state index contributed by atoms with van der Waals surface area (Å²) in [6.07, 6.45) is 0.727. The van der Waals surface area contributed by atoms with Gasteiger partial charge in [-0.3, -0.25) is 4.90 Å². The highest BCUT2D eigenvalue weighted by Crippen LogP contribution is 2.20. The lowest BCUT2D eigenvalue weighted by Gasteiger charge is -2.32. The lowest BCUT2D eigenvalue weighted by Crippen LogP contribution is -2.53. The molecule has 0 aromatic heterocycles. The molecule has 1 aliphatic rings. The Kier molecular flexibility index (Phi) is 6.90. The lowest BCUT2D eigenvalue weighted by atomic mass is 10.1. The summed E-state index contributed by atoms with van der Waals surface area (Å²) in [6, 6.07) is 0.0746. The normalized spacial score (nSPS) is 22.9. The second-order valence-electron chi connectivity index (χ2n) is 6.84. The molecule has 1 heterocycles. The highest BCUT2D eigenvalue weighted by atomic mass is 16.6. The molecular formula is C15H31N3O3. The molecule has 3 atom stereocenters. The standard InChI is InChI=1S/C15H31N3O3/c1-11(17-14(19)21-15(2,3)4)13(8-16)18-7-6-12(9-18)10-20-5/h11-13H,6-10,16H2,1-5H3,(H,17,19). The van der Waals surface area contributed by atoms with Crippen molar-refractivity contribution in [3.8, 4) is 0 Å². The summed E-state index contributed by atoms with van der Waals surface area (Å²) >= 11 is 0. The van der Waals surface area contributed by atoms with Gasteiger partial charge in [0, 0.05) is 32.3 Å². The minimum absolute atomic E-state index is 0.0499. The topological polar surface area (TPSA) is 76.8 Å². The second-order valence-corrected chi connectivity index (χ2v) is 6.84. The molecule has 3 N–H and O–H groups in total. The number of alkyl carbamates (subject to hydrolysis) is 1. The van der Waals surface area contributed by atoms with Crippen LogP contribution in [0.25, 0.3) is 0 Å². The van der Waals surface area contributed by atoms with Crippen molar-refractivity contribution >= 4 is 6.09 Å². The molecule has 0 saturated carbocycles. The smallest absolute Gasteiger partial charge is 0.407 e. The van der Waals surface area contributed by atoms with E-state index >= 15 is 0 Å². The molecule has 1 aliphatic heterocycles. The van der Waals surface area contributed by atoms with Gasteiger partial charge < -0.3 is 20.5 Å². The molecule has 0 aromatic carbocycles. The summed E-state index contributed by atoms with van der Waals surface area (Å²) in [7, 11) is 1.73. The van der Waals surface area contributed by atoms with E-state index in [1.807, 2.05) is 27.7 Å². The predicted octanol–water partition coefficient (Wildman–Crippen LogP) is 1.20. The Labute approximate surface area is 128 Å². The largest absolute Gasteiger partial charge is 0.444 e. The van der Waals surface area contributed by atoms with Crippen molar-refractivity contribution in [2.45, 2.75) is 51.8 Å². The van der Waals surface area contributed by atoms with Gasteiger partial charge in [0.25, 0.3) is 0 Å². The van der Waals surface area contributed by atoms with Gasteiger partial charge in [-0.2, -0.15) is 0 Å². The maximum atomic E-state index is 11.9. The van der Waals surface area contributed by atoms with Crippen LogP contribution < -0.4 is 11.1 Å². The molecule has 0 radical (unpaired) electrons. The highest BCUT2D eigenvalue weighted by molar-refractivity contribution is 5.68. The number of methoxy groups -OCH3 is 1. The molecule has 124 valence electrons. The third-order valence-electron chi connectivity index (χ3n) is 3.75. The van der Waals surface area contributed by atoms with Crippen LogP contribution in [0, 0.1) is 5.92 Å². The third-order valence-corrected chi connectivity index (χ3v) is 3.75. The van der Waals surface area contributed by atoms with Crippen LogP contribution in [-0.4, -0.2) is 62.0 Å². The van der Waals surface area contributed by atoms with Crippen molar-refractivity contribution in [1.82, 2.24) is 10.2 Å². The average molecular weight is 301 g/mol. The maximum absolute atomic E-state index is 11.9. The van der Waals surface area contributed by atoms with Gasteiger partial charge in [-0.05, 0) is 46.6 Å². The number of likely N-dealkylation sites (tertiary alicyclic amines) is 1. The minimum atomic E-state index is -0.487. The number of nitrogens with one attached hydrogen (secondary N) is 1. The van der Waals surface area contributed by atoms with Crippen LogP contribution in [0.2, 0.25) is 0 Å². The first-order chi connectivity index (χ1) is 9.76. The average Bonchev–Trinajstić information content (AvgIpc) is 2.76. The Bertz CT molecular complexity index is 331. The van der Waals surface area contributed by atoms with E-state index in [0.29, 0.717) is 12.5 Å². The SMILES string of the molecule is COCC1CCN(C(CN)C(C)NC(=O)OC(C)(C)C)C1. The summed E-state index contributed by atoms with van der Waals surface area (Å²) < 4.78 is 10.5. The van der Waals surface area contributed by atoms with Gasteiger partial charge in [0.1, 0.15) is 5.60 Å². The van der Waals surface area contributed by atoms with Gasteiger partial charge in [0.2, 0.25) is 0 Å². The summed E-state index contributed by atoms with van der Waals surface area (Å²) in [4.78, 5) is 14.2. The van der Waals surface area contributed by atoms with Gasteiger partial charge in [0.15, 0.2) is 0 Å². The number of nitrogens with zero attached hydrogens (tertiary/aromatic N) is 1. The van der Waals surface area contributed by atoms with E-state index in [-0.39, 0.29) is 18.2 Å². The van der Waals surface area contributed by atoms with Crippen molar-refractivity contribution in [3.63, 3.8) is 0 Å². The molecule has 3 unspecified atom stereocenters. The number of rotatable bonds is 6. The van der Waals surface area contributed by atoms with Crippen molar-refractivity contribution in [2.75, 3.05) is 33.4 Å². The summed E-state index contributed by atoms with van der Waals surface area (Å²) in [5, 5.41) is 2.90. The number of carbonyl (C=O) groups excluding carboxylic acids is 1. The quantitative estimate of drug-likeness (QED) is 0.771. The lowest BCUT2D eigenvalue weighted by molar-refractivity contribution is 0.0474. The Hall–Kier alpha value is -0.850. The molecule has 0 bridgehead atoms. The van der Waals surface area contributed by atoms with Gasteiger partial charge in [-0.25, -0.2) is 4.79 Å². The summed E-state index contributed by atoms with van der Waals surface area (Å²) in [5.74, 6) is 0.553. The summed E-state index contributed by atoms with van der Waals surface area (Å²) in [5.41, 5.74) is 5.42. The molecular weight excluding hydrogens is 270 g/mol. The van der Waals surface area contributed by atoms with Gasteiger partial charge in [-0.15, -0.1) is 0 Å². The number of carbonyl (C=O) groups is 1. The van der Waals surface area contributed by atoms with Gasteiger partial charge in [-0.1, -0.05) is 0 Å². The predicted molar refractivity (Wildman–Crippen MR) is 83.2 cm³/mol. The number of amides is 1. The van der Waals surface area contributed by atoms with E-state index in [9.17, 15) is 4.79 Å². The van der Waals surface area contributed by atoms with Crippen molar-refractivity contribution in [3.05, 3.63) is 0 Å². The highest BCUT2D eigenvalue weighted by Gasteiger charge is 2.31. The van der Waals surface area contributed by atoms with Crippen LogP contribution in [0.1, 0.15) is 34.1 Å². The number of nitrogens with two attached hydrogens (primary N) is 1. The van der Waals surface area contributed by atoms with Crippen LogP contribution in [0.15, 0.2) is 0 Å². The first-order valence-electron chi connectivity index (χ1n) is 7.69. The molecule has 1 rings (SSSR count). The molecule has 6 heteroatoms. The van der Waals surface area contributed by atoms with E-state index in [1.165, 1.54) is 0 Å². The number of ether oxygens (including phenoxy) is 2. The van der Waals surface area contributed by atoms with E-state index in [4.69, 9.17) is 15.2 Å². The number of hydrogen-bond donors (Lipinski definition) is 2. The molecule has 0 aromatic rings. The van der Waals surface area contributed by atoms with Crippen molar-refractivity contribution in [2.24, 2.45) is 11.7 Å². The Morgan fingerprint density at radius 2 is 2.14 bits per heavy atom. The van der Waals surface area contributed by atoms with Crippen molar-refractivity contribution in [1.29, 1.82) is 0 Å². The molecule has 6 nitrogen and oxygen atoms in total. The fourth-order valence-electron chi connectivity index (χ4n) is 2.79. The Balaban J connectivity index is 2.50. The Morgan fingerprint density at radius 3 is 2.67 bits per heavy atom. The van der Waals surface area contributed by atoms with Crippen LogP contribution in [0.5, 0.6) is 0 Å². The van der Waals surface area contributed by atoms with E-state index < -0.39 is 5.60 Å². The first-order valence-corrected chi connectivity index (χ1v) is 7.69. The van der Waals surface area contributed by atoms with Crippen molar-refractivity contribution < 1.29 is 14.3 Å². The molecule has 1 fully saturated rings. The molecule has 0 spiro atoms. The van der Waals surface area contributed by atoms with E-state index in [0.717, 1.165) is 26.1 Å². The molecule has 1 amide bonds. The Morgan fingerprint density at radius 1 is 1.48 bits per heavy atom. The zero-order chi connectivity index (χ0) is 16.0. The van der Waals surface area contributed by atoms with Crippen LogP contribution in [-0.2, 0) is 9.47 Å². The molecule has 21 heavy (non-hydrogen) atoms. The monoisotopic (exact) mass is 301 g/mol. The van der Waals surface area contributed by atoms with E-state index in [2.05, 4.69) is 10.2 Å². The third kappa shape index (κ3) is 6.20. The second kappa shape index (κ2) is 7.96. The van der Waals surface area contributed by atoms with Gasteiger partial charge in [0.05, 0.1) is 6.61 Å². The zero-order valence-electron chi connectivity index (χ0n) is 14.0. The maximum Gasteiger partial charge on any atom is 0.407 e. The zero-order valence-corrected chi connectivity index (χ0v) is 14.0. The first kappa shape index (κ1) is 18.2. The van der Waals surface area contributed by atoms with Crippen LogP contribution in [0.3, 0.4) is 0 Å². The molecule has 0 aliphatic carbocycles. The fourth-order valence-corrected chi connectivity index (χ4v) is 2.79. The van der Waals surface area contributed by atoms with E-state index in [1.54, 1.807) is 7.11 Å². The summed E-state index contributed by atoms with van der Waals surface area (Å²) in [6.45, 7) is 10.8. The number of hydrogen-bond acceptors (Lipinski definition) is 5.